The number of aromatic amines is 1. The molecule has 0 fully saturated rings. The van der Waals surface area contributed by atoms with Crippen LogP contribution >= 0.6 is 0 Å². The molecule has 0 radical (unpaired) electrons. The number of H-pyrrole nitrogens is 1. The van der Waals surface area contributed by atoms with Crippen LogP contribution in [0.3, 0.4) is 0 Å². The van der Waals surface area contributed by atoms with E-state index >= 15 is 0 Å². The monoisotopic (exact) mass is 294 g/mol. The average molecular weight is 294 g/mol. The molecular formula is C13H18N4O2S. The minimum Gasteiger partial charge on any atom is -0.363 e. The number of sulfonamides is 1. The first kappa shape index (κ1) is 14.7. The van der Waals surface area contributed by atoms with Crippen LogP contribution in [-0.4, -0.2) is 32.0 Å². The maximum atomic E-state index is 12.1. The molecule has 0 amide bonds. The summed E-state index contributed by atoms with van der Waals surface area (Å²) >= 11 is 0. The normalized spacial score (nSPS) is 11.7. The minimum atomic E-state index is -3.45. The summed E-state index contributed by atoms with van der Waals surface area (Å²) in [7, 11) is -1.65. The summed E-state index contributed by atoms with van der Waals surface area (Å²) in [6, 6.07) is 5.37. The smallest absolute Gasteiger partial charge is 0.242 e. The molecule has 2 heterocycles. The van der Waals surface area contributed by atoms with Crippen LogP contribution < -0.4 is 10.0 Å². The highest BCUT2D eigenvalue weighted by molar-refractivity contribution is 7.89. The Kier molecular flexibility index (Phi) is 4.89. The number of nitrogens with one attached hydrogen (secondary N) is 3. The van der Waals surface area contributed by atoms with Gasteiger partial charge in [-0.15, -0.1) is 0 Å². The van der Waals surface area contributed by atoms with Gasteiger partial charge in [0, 0.05) is 37.4 Å². The van der Waals surface area contributed by atoms with Gasteiger partial charge in [-0.1, -0.05) is 0 Å². The van der Waals surface area contributed by atoms with Gasteiger partial charge in [-0.2, -0.15) is 0 Å². The summed E-state index contributed by atoms with van der Waals surface area (Å²) in [4.78, 5) is 7.11. The molecule has 2 aromatic rings. The third kappa shape index (κ3) is 3.89. The van der Waals surface area contributed by atoms with E-state index in [1.54, 1.807) is 18.5 Å². The van der Waals surface area contributed by atoms with E-state index in [2.05, 4.69) is 20.0 Å². The maximum absolute atomic E-state index is 12.1. The summed E-state index contributed by atoms with van der Waals surface area (Å²) in [5.74, 6) is 0. The van der Waals surface area contributed by atoms with Gasteiger partial charge in [0.15, 0.2) is 0 Å². The Morgan fingerprint density at radius 3 is 2.75 bits per heavy atom. The summed E-state index contributed by atoms with van der Waals surface area (Å²) in [5, 5.41) is 2.96. The van der Waals surface area contributed by atoms with E-state index < -0.39 is 10.0 Å². The standard InChI is InChI=1S/C13H18N4O2S/c1-14-9-12-8-13(10-16-12)20(18,19)17-7-4-11-2-5-15-6-3-11/h2-3,5-6,8,10,14,16-17H,4,7,9H2,1H3. The number of pyridine rings is 1. The molecule has 3 N–H and O–H groups in total. The third-order valence-corrected chi connectivity index (χ3v) is 4.29. The number of hydrogen-bond donors (Lipinski definition) is 3. The molecule has 0 aliphatic carbocycles. The highest BCUT2D eigenvalue weighted by atomic mass is 32.2. The molecule has 7 heteroatoms. The van der Waals surface area contributed by atoms with Crippen LogP contribution in [0, 0.1) is 0 Å². The van der Waals surface area contributed by atoms with Gasteiger partial charge in [-0.25, -0.2) is 13.1 Å². The first-order chi connectivity index (χ1) is 9.62. The van der Waals surface area contributed by atoms with Crippen LogP contribution in [0.5, 0.6) is 0 Å². The van der Waals surface area contributed by atoms with Gasteiger partial charge >= 0.3 is 0 Å². The van der Waals surface area contributed by atoms with Crippen molar-refractivity contribution in [1.82, 2.24) is 20.0 Å². The van der Waals surface area contributed by atoms with Crippen LogP contribution in [0.1, 0.15) is 11.3 Å². The topological polar surface area (TPSA) is 86.9 Å². The Morgan fingerprint density at radius 1 is 1.30 bits per heavy atom. The van der Waals surface area contributed by atoms with Crippen molar-refractivity contribution in [3.8, 4) is 0 Å². The quantitative estimate of drug-likeness (QED) is 0.700. The summed E-state index contributed by atoms with van der Waals surface area (Å²) in [5.41, 5.74) is 1.88. The molecule has 0 aliphatic heterocycles. The lowest BCUT2D eigenvalue weighted by Crippen LogP contribution is -2.25. The van der Waals surface area contributed by atoms with Crippen molar-refractivity contribution in [2.24, 2.45) is 0 Å². The van der Waals surface area contributed by atoms with E-state index in [1.807, 2.05) is 19.2 Å². The zero-order valence-corrected chi connectivity index (χ0v) is 12.1. The molecule has 0 unspecified atom stereocenters. The lowest BCUT2D eigenvalue weighted by atomic mass is 10.2. The second kappa shape index (κ2) is 6.65. The predicted octanol–water partition coefficient (Wildman–Crippen LogP) is 0.650. The predicted molar refractivity (Wildman–Crippen MR) is 76.7 cm³/mol. The van der Waals surface area contributed by atoms with Gasteiger partial charge in [0.1, 0.15) is 0 Å². The molecule has 0 aromatic carbocycles. The second-order valence-electron chi connectivity index (χ2n) is 4.39. The molecule has 0 atom stereocenters. The lowest BCUT2D eigenvalue weighted by Gasteiger charge is -2.04. The molecule has 2 aromatic heterocycles. The molecule has 20 heavy (non-hydrogen) atoms. The van der Waals surface area contributed by atoms with Crippen molar-refractivity contribution in [2.45, 2.75) is 17.9 Å². The SMILES string of the molecule is CNCc1cc(S(=O)(=O)NCCc2ccncc2)c[nH]1. The van der Waals surface area contributed by atoms with E-state index in [-0.39, 0.29) is 4.90 Å². The number of nitrogens with zero attached hydrogens (tertiary/aromatic N) is 1. The second-order valence-corrected chi connectivity index (χ2v) is 6.16. The van der Waals surface area contributed by atoms with E-state index in [0.717, 1.165) is 11.3 Å². The Morgan fingerprint density at radius 2 is 2.05 bits per heavy atom. The molecule has 108 valence electrons. The van der Waals surface area contributed by atoms with Crippen LogP contribution in [0.4, 0.5) is 0 Å². The fraction of sp³-hybridized carbons (Fsp3) is 0.308. The van der Waals surface area contributed by atoms with Gasteiger partial charge < -0.3 is 10.3 Å². The van der Waals surface area contributed by atoms with Gasteiger partial charge in [-0.05, 0) is 37.2 Å². The number of rotatable bonds is 7. The number of hydrogen-bond acceptors (Lipinski definition) is 4. The molecule has 0 saturated carbocycles. The van der Waals surface area contributed by atoms with Gasteiger partial charge in [0.2, 0.25) is 10.0 Å². The average Bonchev–Trinajstić information content (AvgIpc) is 2.90. The molecule has 2 rings (SSSR count). The Bertz CT molecular complexity index is 637. The molecule has 6 nitrogen and oxygen atoms in total. The van der Waals surface area contributed by atoms with Crippen molar-refractivity contribution in [3.63, 3.8) is 0 Å². The molecule has 0 saturated heterocycles. The summed E-state index contributed by atoms with van der Waals surface area (Å²) in [6.07, 6.45) is 5.52. The highest BCUT2D eigenvalue weighted by Crippen LogP contribution is 2.10. The van der Waals surface area contributed by atoms with Gasteiger partial charge in [-0.3, -0.25) is 4.98 Å². The lowest BCUT2D eigenvalue weighted by molar-refractivity contribution is 0.582. The maximum Gasteiger partial charge on any atom is 0.242 e. The summed E-state index contributed by atoms with van der Waals surface area (Å²) < 4.78 is 26.7. The van der Waals surface area contributed by atoms with Crippen molar-refractivity contribution in [2.75, 3.05) is 13.6 Å². The molecular weight excluding hydrogens is 276 g/mol. The zero-order chi connectivity index (χ0) is 14.4. The van der Waals surface area contributed by atoms with Crippen molar-refractivity contribution in [3.05, 3.63) is 48.0 Å². The summed E-state index contributed by atoms with van der Waals surface area (Å²) in [6.45, 7) is 0.964. The number of aromatic nitrogens is 2. The van der Waals surface area contributed by atoms with Crippen molar-refractivity contribution < 1.29 is 8.42 Å². The minimum absolute atomic E-state index is 0.262. The zero-order valence-electron chi connectivity index (χ0n) is 11.3. The Hall–Kier alpha value is -1.70. The largest absolute Gasteiger partial charge is 0.363 e. The van der Waals surface area contributed by atoms with Crippen molar-refractivity contribution >= 4 is 10.0 Å². The first-order valence-corrected chi connectivity index (χ1v) is 7.80. The first-order valence-electron chi connectivity index (χ1n) is 6.32. The Balaban J connectivity index is 1.93. The third-order valence-electron chi connectivity index (χ3n) is 2.85. The van der Waals surface area contributed by atoms with Crippen LogP contribution in [-0.2, 0) is 23.0 Å². The Labute approximate surface area is 118 Å². The van der Waals surface area contributed by atoms with E-state index in [1.165, 1.54) is 6.20 Å². The molecule has 0 aliphatic rings. The van der Waals surface area contributed by atoms with E-state index in [4.69, 9.17) is 0 Å². The van der Waals surface area contributed by atoms with Gasteiger partial charge in [0.25, 0.3) is 0 Å². The fourth-order valence-electron chi connectivity index (χ4n) is 1.83. The van der Waals surface area contributed by atoms with E-state index in [0.29, 0.717) is 19.5 Å². The fourth-order valence-corrected chi connectivity index (χ4v) is 2.88. The van der Waals surface area contributed by atoms with Crippen LogP contribution in [0.2, 0.25) is 0 Å². The molecule has 0 spiro atoms. The van der Waals surface area contributed by atoms with Gasteiger partial charge in [0.05, 0.1) is 4.90 Å². The van der Waals surface area contributed by atoms with Crippen LogP contribution in [0.15, 0.2) is 41.7 Å². The molecule has 0 bridgehead atoms. The van der Waals surface area contributed by atoms with E-state index in [9.17, 15) is 8.42 Å². The van der Waals surface area contributed by atoms with Crippen molar-refractivity contribution in [1.29, 1.82) is 0 Å². The highest BCUT2D eigenvalue weighted by Gasteiger charge is 2.15. The van der Waals surface area contributed by atoms with Crippen LogP contribution in [0.25, 0.3) is 0 Å².